The first-order valence-corrected chi connectivity index (χ1v) is 7.11. The highest BCUT2D eigenvalue weighted by molar-refractivity contribution is 5.69. The summed E-state index contributed by atoms with van der Waals surface area (Å²) in [4.78, 5) is 21.7. The van der Waals surface area contributed by atoms with E-state index in [0.717, 1.165) is 19.3 Å². The highest BCUT2D eigenvalue weighted by Gasteiger charge is 2.01. The van der Waals surface area contributed by atoms with Crippen LogP contribution in [0.2, 0.25) is 0 Å². The van der Waals surface area contributed by atoms with E-state index in [2.05, 4.69) is 6.92 Å². The van der Waals surface area contributed by atoms with Crippen molar-refractivity contribution in [2.45, 2.75) is 39.5 Å². The molecule has 0 heterocycles. The van der Waals surface area contributed by atoms with Crippen LogP contribution < -0.4 is 0 Å². The number of carbonyl (C=O) groups excluding carboxylic acids is 2. The zero-order valence-electron chi connectivity index (χ0n) is 12.5. The first-order valence-electron chi connectivity index (χ1n) is 7.11. The summed E-state index contributed by atoms with van der Waals surface area (Å²) in [5, 5.41) is 0. The van der Waals surface area contributed by atoms with E-state index in [1.165, 1.54) is 6.92 Å². The van der Waals surface area contributed by atoms with Crippen LogP contribution in [0, 0.1) is 0 Å². The smallest absolute Gasteiger partial charge is 0.305 e. The number of ether oxygens (including phenoxy) is 4. The molecule has 0 bridgehead atoms. The Morgan fingerprint density at radius 3 is 1.90 bits per heavy atom. The number of rotatable bonds is 13. The normalized spacial score (nSPS) is 10.3. The molecule has 0 aromatic rings. The summed E-state index contributed by atoms with van der Waals surface area (Å²) in [5.41, 5.74) is 0. The molecule has 0 spiro atoms. The summed E-state index contributed by atoms with van der Waals surface area (Å²) < 4.78 is 20.1. The molecule has 0 aliphatic carbocycles. The standard InChI is InChI=1S/C14H26O6/c1-3-4-5-6-14(16)20-12-10-18-8-7-17-9-11-19-13(2)15/h3-12H2,1-2H3. The van der Waals surface area contributed by atoms with Crippen LogP contribution in [-0.2, 0) is 28.5 Å². The first kappa shape index (κ1) is 18.9. The molecule has 0 rings (SSSR count). The summed E-state index contributed by atoms with van der Waals surface area (Å²) >= 11 is 0. The van der Waals surface area contributed by atoms with Gasteiger partial charge in [0, 0.05) is 13.3 Å². The van der Waals surface area contributed by atoms with Crippen molar-refractivity contribution in [2.24, 2.45) is 0 Å². The highest BCUT2D eigenvalue weighted by Crippen LogP contribution is 2.00. The van der Waals surface area contributed by atoms with Crippen molar-refractivity contribution in [1.29, 1.82) is 0 Å². The monoisotopic (exact) mass is 290 g/mol. The highest BCUT2D eigenvalue weighted by atomic mass is 16.6. The maximum absolute atomic E-state index is 11.2. The molecule has 0 amide bonds. The van der Waals surface area contributed by atoms with Crippen molar-refractivity contribution in [3.8, 4) is 0 Å². The quantitative estimate of drug-likeness (QED) is 0.380. The van der Waals surface area contributed by atoms with Gasteiger partial charge in [-0.1, -0.05) is 19.8 Å². The molecule has 0 saturated heterocycles. The number of hydrogen-bond donors (Lipinski definition) is 0. The minimum absolute atomic E-state index is 0.167. The van der Waals surface area contributed by atoms with Crippen LogP contribution in [0.5, 0.6) is 0 Å². The summed E-state index contributed by atoms with van der Waals surface area (Å²) in [5.74, 6) is -0.481. The van der Waals surface area contributed by atoms with E-state index in [-0.39, 0.29) is 25.2 Å². The van der Waals surface area contributed by atoms with Gasteiger partial charge in [0.05, 0.1) is 26.4 Å². The molecule has 0 aliphatic heterocycles. The largest absolute Gasteiger partial charge is 0.463 e. The van der Waals surface area contributed by atoms with E-state index in [4.69, 9.17) is 18.9 Å². The lowest BCUT2D eigenvalue weighted by molar-refractivity contribution is -0.146. The summed E-state index contributed by atoms with van der Waals surface area (Å²) in [6, 6.07) is 0. The molecule has 0 aliphatic rings. The molecule has 0 atom stereocenters. The van der Waals surface area contributed by atoms with Crippen LogP contribution in [0.3, 0.4) is 0 Å². The maximum Gasteiger partial charge on any atom is 0.305 e. The predicted octanol–water partition coefficient (Wildman–Crippen LogP) is 1.71. The van der Waals surface area contributed by atoms with Crippen molar-refractivity contribution < 1.29 is 28.5 Å². The minimum atomic E-state index is -0.314. The second-order valence-corrected chi connectivity index (χ2v) is 4.24. The molecule has 0 N–H and O–H groups in total. The lowest BCUT2D eigenvalue weighted by Crippen LogP contribution is -2.14. The van der Waals surface area contributed by atoms with Gasteiger partial charge in [0.1, 0.15) is 13.2 Å². The van der Waals surface area contributed by atoms with Crippen LogP contribution >= 0.6 is 0 Å². The second kappa shape index (κ2) is 14.3. The molecule has 6 nitrogen and oxygen atoms in total. The van der Waals surface area contributed by atoms with Gasteiger partial charge in [-0.3, -0.25) is 9.59 Å². The van der Waals surface area contributed by atoms with Crippen molar-refractivity contribution in [3.05, 3.63) is 0 Å². The first-order chi connectivity index (χ1) is 9.66. The van der Waals surface area contributed by atoms with Crippen LogP contribution in [0.25, 0.3) is 0 Å². The third-order valence-electron chi connectivity index (χ3n) is 2.38. The van der Waals surface area contributed by atoms with Crippen LogP contribution in [0.15, 0.2) is 0 Å². The average molecular weight is 290 g/mol. The fourth-order valence-corrected chi connectivity index (χ4v) is 1.37. The number of unbranched alkanes of at least 4 members (excludes halogenated alkanes) is 2. The van der Waals surface area contributed by atoms with E-state index in [1.54, 1.807) is 0 Å². The van der Waals surface area contributed by atoms with Gasteiger partial charge in [-0.15, -0.1) is 0 Å². The van der Waals surface area contributed by atoms with Gasteiger partial charge >= 0.3 is 11.9 Å². The molecule has 0 aromatic heterocycles. The Kier molecular flexibility index (Phi) is 13.5. The van der Waals surface area contributed by atoms with E-state index < -0.39 is 0 Å². The molecule has 0 aromatic carbocycles. The molecule has 0 saturated carbocycles. The molecule has 20 heavy (non-hydrogen) atoms. The van der Waals surface area contributed by atoms with Gasteiger partial charge < -0.3 is 18.9 Å². The predicted molar refractivity (Wildman–Crippen MR) is 73.4 cm³/mol. The van der Waals surface area contributed by atoms with Gasteiger partial charge in [0.15, 0.2) is 0 Å². The van der Waals surface area contributed by atoms with Gasteiger partial charge in [0.25, 0.3) is 0 Å². The lowest BCUT2D eigenvalue weighted by Gasteiger charge is -2.07. The average Bonchev–Trinajstić information content (AvgIpc) is 2.41. The Labute approximate surface area is 120 Å². The number of esters is 2. The topological polar surface area (TPSA) is 71.1 Å². The van der Waals surface area contributed by atoms with Crippen molar-refractivity contribution in [2.75, 3.05) is 39.6 Å². The van der Waals surface area contributed by atoms with E-state index in [9.17, 15) is 9.59 Å². The molecule has 0 fully saturated rings. The maximum atomic E-state index is 11.2. The Morgan fingerprint density at radius 1 is 0.800 bits per heavy atom. The Hall–Kier alpha value is -1.14. The Morgan fingerprint density at radius 2 is 1.35 bits per heavy atom. The van der Waals surface area contributed by atoms with Gasteiger partial charge in [-0.05, 0) is 6.42 Å². The fourth-order valence-electron chi connectivity index (χ4n) is 1.37. The molecule has 118 valence electrons. The van der Waals surface area contributed by atoms with E-state index in [1.807, 2.05) is 0 Å². The zero-order chi connectivity index (χ0) is 15.1. The molecule has 0 unspecified atom stereocenters. The Balaban J connectivity index is 3.12. The van der Waals surface area contributed by atoms with Crippen molar-refractivity contribution >= 4 is 11.9 Å². The molecule has 0 radical (unpaired) electrons. The third-order valence-corrected chi connectivity index (χ3v) is 2.38. The third kappa shape index (κ3) is 14.9. The van der Waals surface area contributed by atoms with Gasteiger partial charge in [-0.2, -0.15) is 0 Å². The van der Waals surface area contributed by atoms with Crippen LogP contribution in [-0.4, -0.2) is 51.6 Å². The van der Waals surface area contributed by atoms with E-state index >= 15 is 0 Å². The van der Waals surface area contributed by atoms with Crippen LogP contribution in [0.4, 0.5) is 0 Å². The van der Waals surface area contributed by atoms with Gasteiger partial charge in [0.2, 0.25) is 0 Å². The molecular formula is C14H26O6. The van der Waals surface area contributed by atoms with Gasteiger partial charge in [-0.25, -0.2) is 0 Å². The second-order valence-electron chi connectivity index (χ2n) is 4.24. The fraction of sp³-hybridized carbons (Fsp3) is 0.857. The molecule has 6 heteroatoms. The van der Waals surface area contributed by atoms with E-state index in [0.29, 0.717) is 32.8 Å². The summed E-state index contributed by atoms with van der Waals surface area (Å²) in [6.45, 7) is 5.55. The summed E-state index contributed by atoms with van der Waals surface area (Å²) in [6.07, 6.45) is 3.50. The Bertz CT molecular complexity index is 254. The van der Waals surface area contributed by atoms with Crippen molar-refractivity contribution in [1.82, 2.24) is 0 Å². The minimum Gasteiger partial charge on any atom is -0.463 e. The zero-order valence-corrected chi connectivity index (χ0v) is 12.5. The lowest BCUT2D eigenvalue weighted by atomic mass is 10.2. The summed E-state index contributed by atoms with van der Waals surface area (Å²) in [7, 11) is 0. The number of carbonyl (C=O) groups is 2. The number of hydrogen-bond acceptors (Lipinski definition) is 6. The SMILES string of the molecule is CCCCCC(=O)OCCOCCOCCOC(C)=O. The van der Waals surface area contributed by atoms with Crippen LogP contribution in [0.1, 0.15) is 39.5 Å². The van der Waals surface area contributed by atoms with Crippen molar-refractivity contribution in [3.63, 3.8) is 0 Å². The molecular weight excluding hydrogens is 264 g/mol.